The largest absolute Gasteiger partial charge is 0.366 e. The van der Waals surface area contributed by atoms with Gasteiger partial charge in [0.2, 0.25) is 5.91 Å². The number of hydrogen-bond acceptors (Lipinski definition) is 3. The van der Waals surface area contributed by atoms with E-state index in [-0.39, 0.29) is 12.1 Å². The maximum absolute atomic E-state index is 12.0. The SMILES string of the molecule is NC(=O)c1cccc2c1CCC2NS(=O)(=O)NC1CC1. The molecule has 0 saturated heterocycles. The zero-order valence-corrected chi connectivity index (χ0v) is 11.7. The summed E-state index contributed by atoms with van der Waals surface area (Å²) in [7, 11) is -3.49. The molecule has 1 unspecified atom stereocenters. The van der Waals surface area contributed by atoms with E-state index in [1.54, 1.807) is 12.1 Å². The molecule has 6 nitrogen and oxygen atoms in total. The van der Waals surface area contributed by atoms with Gasteiger partial charge in [-0.25, -0.2) is 0 Å². The molecular weight excluding hydrogens is 278 g/mol. The van der Waals surface area contributed by atoms with E-state index < -0.39 is 16.1 Å². The molecule has 1 saturated carbocycles. The van der Waals surface area contributed by atoms with Gasteiger partial charge in [0.15, 0.2) is 0 Å². The first-order valence-electron chi connectivity index (χ1n) is 6.67. The van der Waals surface area contributed by atoms with Gasteiger partial charge in [0, 0.05) is 17.6 Å². The molecule has 0 aliphatic heterocycles. The van der Waals surface area contributed by atoms with Crippen LogP contribution < -0.4 is 15.2 Å². The number of amides is 1. The van der Waals surface area contributed by atoms with Crippen LogP contribution in [0.2, 0.25) is 0 Å². The lowest BCUT2D eigenvalue weighted by Crippen LogP contribution is -2.39. The predicted molar refractivity (Wildman–Crippen MR) is 74.2 cm³/mol. The van der Waals surface area contributed by atoms with Crippen molar-refractivity contribution in [2.75, 3.05) is 0 Å². The predicted octanol–water partition coefficient (Wildman–Crippen LogP) is 0.359. The molecule has 20 heavy (non-hydrogen) atoms. The van der Waals surface area contributed by atoms with Crippen molar-refractivity contribution in [2.24, 2.45) is 5.73 Å². The second-order valence-corrected chi connectivity index (χ2v) is 6.82. The molecule has 3 rings (SSSR count). The molecule has 2 aliphatic carbocycles. The molecule has 1 fully saturated rings. The highest BCUT2D eigenvalue weighted by atomic mass is 32.2. The third-order valence-electron chi connectivity index (χ3n) is 3.73. The summed E-state index contributed by atoms with van der Waals surface area (Å²) in [6.07, 6.45) is 3.10. The average molecular weight is 295 g/mol. The summed E-state index contributed by atoms with van der Waals surface area (Å²) in [5.74, 6) is -0.471. The van der Waals surface area contributed by atoms with Crippen molar-refractivity contribution < 1.29 is 13.2 Å². The zero-order chi connectivity index (χ0) is 14.3. The highest BCUT2D eigenvalue weighted by Crippen LogP contribution is 2.33. The van der Waals surface area contributed by atoms with Crippen molar-refractivity contribution in [1.82, 2.24) is 9.44 Å². The lowest BCUT2D eigenvalue weighted by Gasteiger charge is -2.15. The molecule has 108 valence electrons. The van der Waals surface area contributed by atoms with Crippen LogP contribution in [-0.4, -0.2) is 20.4 Å². The number of fused-ring (bicyclic) bond motifs is 1. The Hall–Kier alpha value is -1.44. The van der Waals surface area contributed by atoms with Crippen LogP contribution in [0.3, 0.4) is 0 Å². The van der Waals surface area contributed by atoms with Crippen molar-refractivity contribution in [3.8, 4) is 0 Å². The van der Waals surface area contributed by atoms with Crippen molar-refractivity contribution in [3.05, 3.63) is 34.9 Å². The highest BCUT2D eigenvalue weighted by Gasteiger charge is 2.32. The van der Waals surface area contributed by atoms with Crippen LogP contribution in [0.4, 0.5) is 0 Å². The summed E-state index contributed by atoms with van der Waals surface area (Å²) in [5.41, 5.74) is 7.54. The summed E-state index contributed by atoms with van der Waals surface area (Å²) in [6.45, 7) is 0. The van der Waals surface area contributed by atoms with Crippen molar-refractivity contribution in [3.63, 3.8) is 0 Å². The lowest BCUT2D eigenvalue weighted by molar-refractivity contribution is 0.0999. The standard InChI is InChI=1S/C13H17N3O3S/c14-13(17)11-3-1-2-10-9(11)6-7-12(10)16-20(18,19)15-8-4-5-8/h1-3,8,12,15-16H,4-7H2,(H2,14,17). The molecule has 1 aromatic carbocycles. The van der Waals surface area contributed by atoms with Gasteiger partial charge in [-0.1, -0.05) is 12.1 Å². The number of primary amides is 1. The molecule has 1 atom stereocenters. The fourth-order valence-electron chi connectivity index (χ4n) is 2.65. The van der Waals surface area contributed by atoms with Gasteiger partial charge in [-0.3, -0.25) is 4.79 Å². The Bertz CT molecular complexity index is 653. The van der Waals surface area contributed by atoms with Gasteiger partial charge < -0.3 is 5.73 Å². The van der Waals surface area contributed by atoms with E-state index in [0.717, 1.165) is 24.0 Å². The molecule has 7 heteroatoms. The van der Waals surface area contributed by atoms with Gasteiger partial charge in [-0.05, 0) is 42.9 Å². The zero-order valence-electron chi connectivity index (χ0n) is 10.9. The number of carbonyl (C=O) groups excluding carboxylic acids is 1. The number of hydrogen-bond donors (Lipinski definition) is 3. The monoisotopic (exact) mass is 295 g/mol. The fraction of sp³-hybridized carbons (Fsp3) is 0.462. The minimum atomic E-state index is -3.49. The Morgan fingerprint density at radius 3 is 2.60 bits per heavy atom. The first-order valence-corrected chi connectivity index (χ1v) is 8.16. The highest BCUT2D eigenvalue weighted by molar-refractivity contribution is 7.87. The molecule has 1 amide bonds. The minimum absolute atomic E-state index is 0.0744. The first-order chi connectivity index (χ1) is 9.46. The Morgan fingerprint density at radius 1 is 1.20 bits per heavy atom. The fourth-order valence-corrected chi connectivity index (χ4v) is 4.01. The van der Waals surface area contributed by atoms with Crippen LogP contribution in [0.1, 0.15) is 46.8 Å². The second kappa shape index (κ2) is 4.83. The van der Waals surface area contributed by atoms with Gasteiger partial charge in [-0.15, -0.1) is 0 Å². The van der Waals surface area contributed by atoms with Gasteiger partial charge >= 0.3 is 0 Å². The van der Waals surface area contributed by atoms with E-state index in [4.69, 9.17) is 5.73 Å². The van der Waals surface area contributed by atoms with Crippen LogP contribution in [0.5, 0.6) is 0 Å². The van der Waals surface area contributed by atoms with Crippen molar-refractivity contribution in [2.45, 2.75) is 37.8 Å². The minimum Gasteiger partial charge on any atom is -0.366 e. The Balaban J connectivity index is 1.82. The number of rotatable bonds is 5. The van der Waals surface area contributed by atoms with E-state index in [0.29, 0.717) is 18.4 Å². The summed E-state index contributed by atoms with van der Waals surface area (Å²) in [6, 6.07) is 5.05. The van der Waals surface area contributed by atoms with Crippen LogP contribution in [0.25, 0.3) is 0 Å². The van der Waals surface area contributed by atoms with Gasteiger partial charge in [0.05, 0.1) is 0 Å². The van der Waals surface area contributed by atoms with E-state index >= 15 is 0 Å². The van der Waals surface area contributed by atoms with Crippen LogP contribution in [0, 0.1) is 0 Å². The molecule has 0 radical (unpaired) electrons. The second-order valence-electron chi connectivity index (χ2n) is 5.34. The smallest absolute Gasteiger partial charge is 0.277 e. The first kappa shape index (κ1) is 13.5. The number of nitrogens with one attached hydrogen (secondary N) is 2. The topological polar surface area (TPSA) is 101 Å². The normalized spacial score (nSPS) is 21.7. The third-order valence-corrected chi connectivity index (χ3v) is 4.97. The van der Waals surface area contributed by atoms with Crippen LogP contribution in [0.15, 0.2) is 18.2 Å². The van der Waals surface area contributed by atoms with E-state index in [9.17, 15) is 13.2 Å². The Labute approximate surface area is 117 Å². The van der Waals surface area contributed by atoms with E-state index in [2.05, 4.69) is 9.44 Å². The van der Waals surface area contributed by atoms with Crippen molar-refractivity contribution >= 4 is 16.1 Å². The summed E-state index contributed by atoms with van der Waals surface area (Å²) in [4.78, 5) is 11.4. The molecule has 0 bridgehead atoms. The van der Waals surface area contributed by atoms with E-state index in [1.807, 2.05) is 6.07 Å². The number of nitrogens with two attached hydrogens (primary N) is 1. The quantitative estimate of drug-likeness (QED) is 0.731. The van der Waals surface area contributed by atoms with Crippen LogP contribution in [-0.2, 0) is 16.6 Å². The summed E-state index contributed by atoms with van der Waals surface area (Å²) in [5, 5.41) is 0. The van der Waals surface area contributed by atoms with Gasteiger partial charge in [-0.2, -0.15) is 17.9 Å². The third kappa shape index (κ3) is 2.70. The Kier molecular flexibility index (Phi) is 3.27. The van der Waals surface area contributed by atoms with E-state index in [1.165, 1.54) is 0 Å². The molecule has 4 N–H and O–H groups in total. The van der Waals surface area contributed by atoms with Crippen LogP contribution >= 0.6 is 0 Å². The molecule has 0 heterocycles. The molecule has 1 aromatic rings. The molecule has 0 aromatic heterocycles. The molecular formula is C13H17N3O3S. The number of benzene rings is 1. The Morgan fingerprint density at radius 2 is 1.95 bits per heavy atom. The van der Waals surface area contributed by atoms with Crippen molar-refractivity contribution in [1.29, 1.82) is 0 Å². The number of carbonyl (C=O) groups is 1. The molecule has 0 spiro atoms. The van der Waals surface area contributed by atoms with Gasteiger partial charge in [0.25, 0.3) is 10.2 Å². The van der Waals surface area contributed by atoms with Gasteiger partial charge in [0.1, 0.15) is 0 Å². The maximum atomic E-state index is 12.0. The summed E-state index contributed by atoms with van der Waals surface area (Å²) >= 11 is 0. The summed E-state index contributed by atoms with van der Waals surface area (Å²) < 4.78 is 29.2. The maximum Gasteiger partial charge on any atom is 0.277 e. The lowest BCUT2D eigenvalue weighted by atomic mass is 10.0. The molecule has 2 aliphatic rings. The average Bonchev–Trinajstić information content (AvgIpc) is 3.08.